The number of ether oxygens (including phenoxy) is 1. The maximum atomic E-state index is 13.2. The Labute approximate surface area is 83.0 Å². The molecule has 1 unspecified atom stereocenters. The van der Waals surface area contributed by atoms with Gasteiger partial charge in [-0.1, -0.05) is 0 Å². The molecule has 0 aromatic carbocycles. The van der Waals surface area contributed by atoms with Gasteiger partial charge in [-0.15, -0.1) is 0 Å². The van der Waals surface area contributed by atoms with E-state index in [4.69, 9.17) is 4.74 Å². The lowest BCUT2D eigenvalue weighted by Gasteiger charge is -2.28. The number of hydrogen-bond acceptors (Lipinski definition) is 2. The van der Waals surface area contributed by atoms with E-state index in [9.17, 15) is 8.78 Å². The lowest BCUT2D eigenvalue weighted by molar-refractivity contribution is -0.0572. The summed E-state index contributed by atoms with van der Waals surface area (Å²) in [7, 11) is 0. The SMILES string of the molecule is FC1(F)CCCC1CCOC1CNC1. The number of rotatable bonds is 4. The Morgan fingerprint density at radius 3 is 2.64 bits per heavy atom. The van der Waals surface area contributed by atoms with Crippen LogP contribution in [0, 0.1) is 5.92 Å². The van der Waals surface area contributed by atoms with Gasteiger partial charge in [0.15, 0.2) is 0 Å². The van der Waals surface area contributed by atoms with Crippen LogP contribution in [0.15, 0.2) is 0 Å². The highest BCUT2D eigenvalue weighted by Gasteiger charge is 2.43. The van der Waals surface area contributed by atoms with Gasteiger partial charge in [0.05, 0.1) is 6.10 Å². The molecule has 1 saturated heterocycles. The molecule has 0 amide bonds. The molecule has 0 bridgehead atoms. The molecule has 2 rings (SSSR count). The fourth-order valence-electron chi connectivity index (χ4n) is 2.11. The average Bonchev–Trinajstić information content (AvgIpc) is 2.36. The Balaban J connectivity index is 1.64. The van der Waals surface area contributed by atoms with Crippen molar-refractivity contribution in [3.8, 4) is 0 Å². The first-order valence-electron chi connectivity index (χ1n) is 5.38. The first kappa shape index (κ1) is 10.3. The van der Waals surface area contributed by atoms with Crippen LogP contribution in [0.5, 0.6) is 0 Å². The third-order valence-corrected chi connectivity index (χ3v) is 3.22. The second-order valence-corrected chi connectivity index (χ2v) is 4.29. The fraction of sp³-hybridized carbons (Fsp3) is 1.00. The van der Waals surface area contributed by atoms with Crippen molar-refractivity contribution < 1.29 is 13.5 Å². The molecule has 0 aromatic heterocycles. The zero-order valence-electron chi connectivity index (χ0n) is 8.27. The van der Waals surface area contributed by atoms with Crippen molar-refractivity contribution in [1.82, 2.24) is 5.32 Å². The maximum Gasteiger partial charge on any atom is 0.251 e. The molecule has 1 aliphatic carbocycles. The Kier molecular flexibility index (Phi) is 3.02. The minimum absolute atomic E-state index is 0.0721. The summed E-state index contributed by atoms with van der Waals surface area (Å²) < 4.78 is 31.8. The molecule has 2 fully saturated rings. The highest BCUT2D eigenvalue weighted by Crippen LogP contribution is 2.42. The van der Waals surface area contributed by atoms with E-state index in [0.717, 1.165) is 13.1 Å². The van der Waals surface area contributed by atoms with Gasteiger partial charge in [0.1, 0.15) is 0 Å². The molecule has 1 N–H and O–H groups in total. The van der Waals surface area contributed by atoms with Crippen molar-refractivity contribution in [2.45, 2.75) is 37.7 Å². The minimum atomic E-state index is -2.43. The maximum absolute atomic E-state index is 13.2. The first-order chi connectivity index (χ1) is 6.68. The van der Waals surface area contributed by atoms with Crippen molar-refractivity contribution in [2.24, 2.45) is 5.92 Å². The fourth-order valence-corrected chi connectivity index (χ4v) is 2.11. The van der Waals surface area contributed by atoms with Gasteiger partial charge < -0.3 is 10.1 Å². The van der Waals surface area contributed by atoms with E-state index in [2.05, 4.69) is 5.32 Å². The number of alkyl halides is 2. The third-order valence-electron chi connectivity index (χ3n) is 3.22. The van der Waals surface area contributed by atoms with Gasteiger partial charge in [-0.3, -0.25) is 0 Å². The van der Waals surface area contributed by atoms with E-state index in [0.29, 0.717) is 25.9 Å². The Bertz CT molecular complexity index is 195. The molecule has 82 valence electrons. The Hall–Kier alpha value is -0.220. The Morgan fingerprint density at radius 1 is 1.36 bits per heavy atom. The van der Waals surface area contributed by atoms with Crippen LogP contribution in [0.4, 0.5) is 8.78 Å². The summed E-state index contributed by atoms with van der Waals surface area (Å²) in [6.45, 7) is 2.24. The predicted octanol–water partition coefficient (Wildman–Crippen LogP) is 1.80. The van der Waals surface area contributed by atoms with E-state index >= 15 is 0 Å². The molecule has 0 radical (unpaired) electrons. The van der Waals surface area contributed by atoms with Gasteiger partial charge in [-0.2, -0.15) is 0 Å². The quantitative estimate of drug-likeness (QED) is 0.755. The normalized spacial score (nSPS) is 31.7. The topological polar surface area (TPSA) is 21.3 Å². The van der Waals surface area contributed by atoms with Crippen LogP contribution in [0.3, 0.4) is 0 Å². The summed E-state index contributed by atoms with van der Waals surface area (Å²) in [6, 6.07) is 0. The molecule has 1 aliphatic heterocycles. The summed E-state index contributed by atoms with van der Waals surface area (Å²) in [4.78, 5) is 0. The van der Waals surface area contributed by atoms with E-state index < -0.39 is 11.8 Å². The number of hydrogen-bond donors (Lipinski definition) is 1. The third kappa shape index (κ3) is 2.23. The van der Waals surface area contributed by atoms with Crippen molar-refractivity contribution in [2.75, 3.05) is 19.7 Å². The zero-order valence-corrected chi connectivity index (χ0v) is 8.27. The van der Waals surface area contributed by atoms with Crippen molar-refractivity contribution in [3.63, 3.8) is 0 Å². The molecule has 1 saturated carbocycles. The highest BCUT2D eigenvalue weighted by molar-refractivity contribution is 4.84. The lowest BCUT2D eigenvalue weighted by Crippen LogP contribution is -2.48. The molecule has 0 aromatic rings. The van der Waals surface area contributed by atoms with Crippen LogP contribution in [-0.4, -0.2) is 31.7 Å². The molecule has 0 spiro atoms. The monoisotopic (exact) mass is 205 g/mol. The molecule has 1 atom stereocenters. The zero-order chi connectivity index (χ0) is 10.0. The summed E-state index contributed by atoms with van der Waals surface area (Å²) >= 11 is 0. The molecular formula is C10H17F2NO. The molecule has 2 nitrogen and oxygen atoms in total. The molecule has 4 heteroatoms. The van der Waals surface area contributed by atoms with Crippen LogP contribution in [0.2, 0.25) is 0 Å². The van der Waals surface area contributed by atoms with Crippen molar-refractivity contribution in [1.29, 1.82) is 0 Å². The van der Waals surface area contributed by atoms with Gasteiger partial charge in [-0.05, 0) is 19.3 Å². The summed E-state index contributed by atoms with van der Waals surface area (Å²) in [5, 5.41) is 3.08. The minimum Gasteiger partial charge on any atom is -0.376 e. The summed E-state index contributed by atoms with van der Waals surface area (Å²) in [5.41, 5.74) is 0. The number of halogens is 2. The van der Waals surface area contributed by atoms with Crippen LogP contribution >= 0.6 is 0 Å². The highest BCUT2D eigenvalue weighted by atomic mass is 19.3. The van der Waals surface area contributed by atoms with Crippen LogP contribution in [-0.2, 0) is 4.74 Å². The smallest absolute Gasteiger partial charge is 0.251 e. The molecular weight excluding hydrogens is 188 g/mol. The second kappa shape index (κ2) is 4.11. The molecule has 2 aliphatic rings. The van der Waals surface area contributed by atoms with E-state index in [1.54, 1.807) is 0 Å². The van der Waals surface area contributed by atoms with Gasteiger partial charge >= 0.3 is 0 Å². The van der Waals surface area contributed by atoms with Crippen LogP contribution in [0.1, 0.15) is 25.7 Å². The lowest BCUT2D eigenvalue weighted by atomic mass is 10.0. The van der Waals surface area contributed by atoms with Gasteiger partial charge in [0.2, 0.25) is 0 Å². The van der Waals surface area contributed by atoms with E-state index in [-0.39, 0.29) is 12.5 Å². The first-order valence-corrected chi connectivity index (χ1v) is 5.38. The summed E-state index contributed by atoms with van der Waals surface area (Å²) in [6.07, 6.45) is 2.19. The van der Waals surface area contributed by atoms with Crippen LogP contribution < -0.4 is 5.32 Å². The average molecular weight is 205 g/mol. The van der Waals surface area contributed by atoms with Crippen molar-refractivity contribution in [3.05, 3.63) is 0 Å². The molecule has 1 heterocycles. The van der Waals surface area contributed by atoms with Gasteiger partial charge in [-0.25, -0.2) is 8.78 Å². The van der Waals surface area contributed by atoms with Gasteiger partial charge in [0, 0.05) is 32.0 Å². The standard InChI is InChI=1S/C10H17F2NO/c11-10(12)4-1-2-8(10)3-5-14-9-6-13-7-9/h8-9,13H,1-7H2. The second-order valence-electron chi connectivity index (χ2n) is 4.29. The summed E-state index contributed by atoms with van der Waals surface area (Å²) in [5.74, 6) is -2.86. The largest absolute Gasteiger partial charge is 0.376 e. The van der Waals surface area contributed by atoms with Gasteiger partial charge in [0.25, 0.3) is 5.92 Å². The Morgan fingerprint density at radius 2 is 2.14 bits per heavy atom. The van der Waals surface area contributed by atoms with Crippen molar-refractivity contribution >= 4 is 0 Å². The van der Waals surface area contributed by atoms with Crippen LogP contribution in [0.25, 0.3) is 0 Å². The predicted molar refractivity (Wildman–Crippen MR) is 49.5 cm³/mol. The molecule has 14 heavy (non-hydrogen) atoms. The van der Waals surface area contributed by atoms with E-state index in [1.165, 1.54) is 0 Å². The number of nitrogens with one attached hydrogen (secondary N) is 1. The van der Waals surface area contributed by atoms with E-state index in [1.807, 2.05) is 0 Å².